The molecule has 0 fully saturated rings. The van der Waals surface area contributed by atoms with Crippen LogP contribution < -0.4 is 4.74 Å². The van der Waals surface area contributed by atoms with Gasteiger partial charge in [-0.25, -0.2) is 8.42 Å². The Labute approximate surface area is 83.1 Å². The van der Waals surface area contributed by atoms with Crippen molar-refractivity contribution in [3.63, 3.8) is 0 Å². The van der Waals surface area contributed by atoms with Crippen molar-refractivity contribution in [3.8, 4) is 5.75 Å². The van der Waals surface area contributed by atoms with E-state index in [1.807, 2.05) is 0 Å². The van der Waals surface area contributed by atoms with Gasteiger partial charge in [-0.2, -0.15) is 0 Å². The van der Waals surface area contributed by atoms with Crippen LogP contribution in [-0.4, -0.2) is 26.1 Å². The summed E-state index contributed by atoms with van der Waals surface area (Å²) in [5.41, 5.74) is -1.39. The Hall–Kier alpha value is -1.07. The van der Waals surface area contributed by atoms with Crippen molar-refractivity contribution in [2.45, 2.75) is 17.3 Å². The molecule has 1 N–H and O–H groups in total. The number of sulfone groups is 1. The molecule has 0 unspecified atom stereocenters. The van der Waals surface area contributed by atoms with E-state index < -0.39 is 15.3 Å². The van der Waals surface area contributed by atoms with Crippen molar-refractivity contribution >= 4 is 9.84 Å². The Morgan fingerprint density at radius 1 is 1.29 bits per heavy atom. The van der Waals surface area contributed by atoms with Gasteiger partial charge in [-0.05, 0) is 31.2 Å². The largest absolute Gasteiger partial charge is 0.497 e. The van der Waals surface area contributed by atoms with Crippen LogP contribution in [0.5, 0.6) is 5.75 Å². The van der Waals surface area contributed by atoms with Gasteiger partial charge in [-0.1, -0.05) is 0 Å². The lowest BCUT2D eigenvalue weighted by atomic mass is 10.3. The van der Waals surface area contributed by atoms with Crippen LogP contribution in [0.15, 0.2) is 29.2 Å². The molecule has 78 valence electrons. The highest BCUT2D eigenvalue weighted by molar-refractivity contribution is 7.91. The van der Waals surface area contributed by atoms with Crippen LogP contribution >= 0.6 is 0 Å². The second-order valence-corrected chi connectivity index (χ2v) is 5.06. The smallest absolute Gasteiger partial charge is 0.204 e. The zero-order valence-corrected chi connectivity index (χ0v) is 8.78. The third-order valence-corrected chi connectivity index (χ3v) is 3.66. The van der Waals surface area contributed by atoms with Crippen LogP contribution in [0.3, 0.4) is 0 Å². The number of benzene rings is 1. The number of aliphatic hydroxyl groups excluding tert-OH is 1. The van der Waals surface area contributed by atoms with Gasteiger partial charge in [0.15, 0.2) is 5.44 Å². The van der Waals surface area contributed by atoms with Gasteiger partial charge in [0.25, 0.3) is 0 Å². The standard InChI is InChI=1S/C9H12O4S/c1-7(10)14(11,12)9-5-3-8(13-2)4-6-9/h3-7,10H,1-2H3/t7-/m1/s1. The minimum Gasteiger partial charge on any atom is -0.497 e. The summed E-state index contributed by atoms with van der Waals surface area (Å²) in [6.07, 6.45) is 0. The number of hydrogen-bond acceptors (Lipinski definition) is 4. The second-order valence-electron chi connectivity index (χ2n) is 2.82. The molecular weight excluding hydrogens is 204 g/mol. The number of rotatable bonds is 3. The lowest BCUT2D eigenvalue weighted by Crippen LogP contribution is -2.16. The molecule has 0 amide bonds. The Balaban J connectivity index is 3.10. The van der Waals surface area contributed by atoms with E-state index in [1.165, 1.54) is 38.3 Å². The van der Waals surface area contributed by atoms with E-state index in [4.69, 9.17) is 9.84 Å². The lowest BCUT2D eigenvalue weighted by Gasteiger charge is -2.07. The SMILES string of the molecule is COc1ccc(S(=O)(=O)[C@H](C)O)cc1. The van der Waals surface area contributed by atoms with Gasteiger partial charge in [0.2, 0.25) is 9.84 Å². The first-order valence-corrected chi connectivity index (χ1v) is 5.59. The maximum Gasteiger partial charge on any atom is 0.204 e. The van der Waals surface area contributed by atoms with Gasteiger partial charge >= 0.3 is 0 Å². The second kappa shape index (κ2) is 3.98. The minimum absolute atomic E-state index is 0.0910. The highest BCUT2D eigenvalue weighted by atomic mass is 32.2. The van der Waals surface area contributed by atoms with Gasteiger partial charge in [0, 0.05) is 0 Å². The summed E-state index contributed by atoms with van der Waals surface area (Å²) in [5.74, 6) is 0.578. The van der Waals surface area contributed by atoms with Crippen LogP contribution in [0.2, 0.25) is 0 Å². The van der Waals surface area contributed by atoms with Crippen LogP contribution in [0.4, 0.5) is 0 Å². The van der Waals surface area contributed by atoms with Gasteiger partial charge in [-0.3, -0.25) is 0 Å². The quantitative estimate of drug-likeness (QED) is 0.812. The molecule has 0 bridgehead atoms. The summed E-state index contributed by atoms with van der Waals surface area (Å²) in [7, 11) is -2.10. The first kappa shape index (κ1) is 11.0. The fourth-order valence-corrected chi connectivity index (χ4v) is 1.87. The normalized spacial score (nSPS) is 13.6. The average molecular weight is 216 g/mol. The van der Waals surface area contributed by atoms with Gasteiger partial charge in [0.1, 0.15) is 5.75 Å². The van der Waals surface area contributed by atoms with Crippen LogP contribution in [0.1, 0.15) is 6.92 Å². The Morgan fingerprint density at radius 2 is 1.79 bits per heavy atom. The topological polar surface area (TPSA) is 63.6 Å². The molecule has 0 aliphatic rings. The first-order valence-electron chi connectivity index (χ1n) is 4.04. The summed E-state index contributed by atoms with van der Waals surface area (Å²) in [5, 5.41) is 9.04. The van der Waals surface area contributed by atoms with Gasteiger partial charge in [0.05, 0.1) is 12.0 Å². The summed E-state index contributed by atoms with van der Waals surface area (Å²) in [6.45, 7) is 1.22. The molecule has 0 heterocycles. The third-order valence-electron chi connectivity index (χ3n) is 1.84. The molecule has 14 heavy (non-hydrogen) atoms. The first-order chi connectivity index (χ1) is 6.48. The molecular formula is C9H12O4S. The average Bonchev–Trinajstić information content (AvgIpc) is 2.17. The van der Waals surface area contributed by atoms with Crippen LogP contribution in [0.25, 0.3) is 0 Å². The van der Waals surface area contributed by atoms with Crippen molar-refractivity contribution in [3.05, 3.63) is 24.3 Å². The maximum atomic E-state index is 11.4. The monoisotopic (exact) mass is 216 g/mol. The molecule has 5 heteroatoms. The summed E-state index contributed by atoms with van der Waals surface area (Å²) in [6, 6.07) is 5.88. The van der Waals surface area contributed by atoms with Crippen molar-refractivity contribution in [2.24, 2.45) is 0 Å². The summed E-state index contributed by atoms with van der Waals surface area (Å²) in [4.78, 5) is 0.0910. The molecule has 4 nitrogen and oxygen atoms in total. The molecule has 0 saturated carbocycles. The third kappa shape index (κ3) is 2.05. The van der Waals surface area contributed by atoms with Crippen LogP contribution in [0, 0.1) is 0 Å². The molecule has 1 aromatic rings. The van der Waals surface area contributed by atoms with E-state index in [9.17, 15) is 8.42 Å². The predicted molar refractivity (Wildman–Crippen MR) is 51.9 cm³/mol. The van der Waals surface area contributed by atoms with Gasteiger partial charge in [-0.15, -0.1) is 0 Å². The molecule has 0 saturated heterocycles. The van der Waals surface area contributed by atoms with Crippen molar-refractivity contribution in [2.75, 3.05) is 7.11 Å². The number of ether oxygens (including phenoxy) is 1. The summed E-state index contributed by atoms with van der Waals surface area (Å²) >= 11 is 0. The fraction of sp³-hybridized carbons (Fsp3) is 0.333. The molecule has 0 spiro atoms. The van der Waals surface area contributed by atoms with E-state index in [-0.39, 0.29) is 4.90 Å². The zero-order valence-electron chi connectivity index (χ0n) is 7.97. The highest BCUT2D eigenvalue weighted by Gasteiger charge is 2.20. The number of methoxy groups -OCH3 is 1. The minimum atomic E-state index is -3.60. The molecule has 0 aliphatic carbocycles. The van der Waals surface area contributed by atoms with E-state index in [2.05, 4.69) is 0 Å². The number of aliphatic hydroxyl groups is 1. The molecule has 0 radical (unpaired) electrons. The van der Waals surface area contributed by atoms with E-state index in [0.29, 0.717) is 5.75 Å². The molecule has 0 aromatic heterocycles. The lowest BCUT2D eigenvalue weighted by molar-refractivity contribution is 0.268. The summed E-state index contributed by atoms with van der Waals surface area (Å²) < 4.78 is 27.8. The van der Waals surface area contributed by atoms with E-state index in [1.54, 1.807) is 0 Å². The van der Waals surface area contributed by atoms with E-state index >= 15 is 0 Å². The molecule has 1 atom stereocenters. The Bertz CT molecular complexity index is 391. The molecule has 1 rings (SSSR count). The van der Waals surface area contributed by atoms with Crippen molar-refractivity contribution in [1.82, 2.24) is 0 Å². The maximum absolute atomic E-state index is 11.4. The van der Waals surface area contributed by atoms with Crippen LogP contribution in [-0.2, 0) is 9.84 Å². The van der Waals surface area contributed by atoms with Crippen molar-refractivity contribution in [1.29, 1.82) is 0 Å². The molecule has 0 aliphatic heterocycles. The fourth-order valence-electron chi connectivity index (χ4n) is 0.962. The Kier molecular flexibility index (Phi) is 3.13. The predicted octanol–water partition coefficient (Wildman–Crippen LogP) is 0.807. The molecule has 1 aromatic carbocycles. The number of hydrogen-bond donors (Lipinski definition) is 1. The van der Waals surface area contributed by atoms with Gasteiger partial charge < -0.3 is 9.84 Å². The zero-order chi connectivity index (χ0) is 10.8. The highest BCUT2D eigenvalue weighted by Crippen LogP contribution is 2.18. The van der Waals surface area contributed by atoms with Crippen molar-refractivity contribution < 1.29 is 18.3 Å². The van der Waals surface area contributed by atoms with E-state index in [0.717, 1.165) is 0 Å². The Morgan fingerprint density at radius 3 is 2.14 bits per heavy atom.